The Hall–Kier alpha value is -2.71. The van der Waals surface area contributed by atoms with Gasteiger partial charge in [-0.2, -0.15) is 10.1 Å². The maximum Gasteiger partial charge on any atom is 0.226 e. The summed E-state index contributed by atoms with van der Waals surface area (Å²) in [4.78, 5) is 20.1. The van der Waals surface area contributed by atoms with Gasteiger partial charge >= 0.3 is 0 Å². The van der Waals surface area contributed by atoms with E-state index in [2.05, 4.69) is 15.4 Å². The van der Waals surface area contributed by atoms with Crippen LogP contribution in [0.1, 0.15) is 16.9 Å². The third-order valence-electron chi connectivity index (χ3n) is 5.27. The zero-order valence-electron chi connectivity index (χ0n) is 15.7. The summed E-state index contributed by atoms with van der Waals surface area (Å²) in [7, 11) is 1.83. The van der Waals surface area contributed by atoms with E-state index >= 15 is 0 Å². The molecule has 0 radical (unpaired) electrons. The maximum atomic E-state index is 12.8. The number of hydrogen-bond acceptors (Lipinski definition) is 6. The van der Waals surface area contributed by atoms with Gasteiger partial charge in [0.15, 0.2) is 0 Å². The summed E-state index contributed by atoms with van der Waals surface area (Å²) in [5, 5.41) is 20.4. The lowest BCUT2D eigenvalue weighted by Gasteiger charge is -2.46. The Morgan fingerprint density at radius 2 is 2.14 bits per heavy atom. The van der Waals surface area contributed by atoms with Gasteiger partial charge in [0, 0.05) is 25.0 Å². The number of nitrogens with zero attached hydrogens (tertiary/aromatic N) is 4. The summed E-state index contributed by atoms with van der Waals surface area (Å²) in [5.74, 6) is 0.628. The van der Waals surface area contributed by atoms with Gasteiger partial charge in [0.2, 0.25) is 11.9 Å². The van der Waals surface area contributed by atoms with E-state index in [0.29, 0.717) is 31.9 Å². The van der Waals surface area contributed by atoms with Crippen LogP contribution in [-0.2, 0) is 23.8 Å². The quantitative estimate of drug-likeness (QED) is 0.685. The first-order chi connectivity index (χ1) is 13.6. The van der Waals surface area contributed by atoms with Gasteiger partial charge < -0.3 is 15.3 Å². The van der Waals surface area contributed by atoms with Gasteiger partial charge in [-0.3, -0.25) is 4.79 Å². The van der Waals surface area contributed by atoms with Gasteiger partial charge in [-0.1, -0.05) is 36.4 Å². The molecule has 0 bridgehead atoms. The molecule has 1 aliphatic rings. The number of carbonyl (C=O) groups is 1. The van der Waals surface area contributed by atoms with Crippen molar-refractivity contribution in [2.75, 3.05) is 18.0 Å². The van der Waals surface area contributed by atoms with Gasteiger partial charge in [0.25, 0.3) is 0 Å². The highest BCUT2D eigenvalue weighted by Gasteiger charge is 2.45. The molecule has 2 N–H and O–H groups in total. The highest BCUT2D eigenvalue weighted by molar-refractivity contribution is 7.10. The Morgan fingerprint density at radius 1 is 1.32 bits per heavy atom. The van der Waals surface area contributed by atoms with E-state index in [1.54, 1.807) is 16.0 Å². The second-order valence-electron chi connectivity index (χ2n) is 7.04. The molecule has 3 aromatic rings. The fraction of sp³-hybridized carbons (Fsp3) is 0.350. The predicted molar refractivity (Wildman–Crippen MR) is 108 cm³/mol. The summed E-state index contributed by atoms with van der Waals surface area (Å²) in [6, 6.07) is 13.6. The fourth-order valence-corrected chi connectivity index (χ4v) is 4.55. The SMILES string of the molecule is Cn1ncnc1N1CC[C@@](NC(=O)Cc2cccs2)(c2ccccc2)[C@H](O)C1. The number of thiophene rings is 1. The Balaban J connectivity index is 1.59. The number of aliphatic hydroxyl groups excluding tert-OH is 1. The Kier molecular flexibility index (Phi) is 5.15. The number of nitrogens with one attached hydrogen (secondary N) is 1. The molecule has 2 aromatic heterocycles. The summed E-state index contributed by atoms with van der Waals surface area (Å²) in [6.07, 6.45) is 1.60. The van der Waals surface area contributed by atoms with Crippen molar-refractivity contribution in [1.82, 2.24) is 20.1 Å². The number of carbonyl (C=O) groups excluding carboxylic acids is 1. The van der Waals surface area contributed by atoms with Crippen LogP contribution >= 0.6 is 11.3 Å². The van der Waals surface area contributed by atoms with E-state index in [1.807, 2.05) is 59.8 Å². The van der Waals surface area contributed by atoms with Gasteiger partial charge in [0.05, 0.1) is 18.1 Å². The molecular weight excluding hydrogens is 374 g/mol. The molecule has 3 heterocycles. The van der Waals surface area contributed by atoms with Gasteiger partial charge in [-0.25, -0.2) is 4.68 Å². The molecule has 1 amide bonds. The average Bonchev–Trinajstić information content (AvgIpc) is 3.36. The first kappa shape index (κ1) is 18.6. The molecule has 1 aliphatic heterocycles. The summed E-state index contributed by atoms with van der Waals surface area (Å²) in [5.41, 5.74) is 0.0877. The van der Waals surface area contributed by atoms with Crippen molar-refractivity contribution in [3.05, 3.63) is 64.6 Å². The van der Waals surface area contributed by atoms with Crippen molar-refractivity contribution >= 4 is 23.2 Å². The van der Waals surface area contributed by atoms with Crippen LogP contribution in [0.3, 0.4) is 0 Å². The molecule has 8 heteroatoms. The molecule has 28 heavy (non-hydrogen) atoms. The van der Waals surface area contributed by atoms with Crippen molar-refractivity contribution < 1.29 is 9.90 Å². The zero-order chi connectivity index (χ0) is 19.6. The third-order valence-corrected chi connectivity index (χ3v) is 6.15. The van der Waals surface area contributed by atoms with Crippen LogP contribution in [0, 0.1) is 0 Å². The van der Waals surface area contributed by atoms with Crippen LogP contribution in [-0.4, -0.2) is 45.0 Å². The fourth-order valence-electron chi connectivity index (χ4n) is 3.85. The molecule has 0 spiro atoms. The van der Waals surface area contributed by atoms with Crippen LogP contribution in [0.4, 0.5) is 5.95 Å². The smallest absolute Gasteiger partial charge is 0.226 e. The van der Waals surface area contributed by atoms with Gasteiger partial charge in [-0.05, 0) is 23.4 Å². The number of piperidine rings is 1. The van der Waals surface area contributed by atoms with Gasteiger partial charge in [-0.15, -0.1) is 11.3 Å². The minimum Gasteiger partial charge on any atom is -0.388 e. The standard InChI is InChI=1S/C20H23N5O2S/c1-24-19(21-14-22-24)25-10-9-20(17(26)13-25,15-6-3-2-4-7-15)23-18(27)12-16-8-5-11-28-16/h2-8,11,14,17,26H,9-10,12-13H2,1H3,(H,23,27)/t17-,20-/m1/s1. The van der Waals surface area contributed by atoms with Gasteiger partial charge in [0.1, 0.15) is 6.33 Å². The Labute approximate surface area is 167 Å². The predicted octanol–water partition coefficient (Wildman–Crippen LogP) is 1.70. The molecular formula is C20H23N5O2S. The number of aromatic nitrogens is 3. The zero-order valence-corrected chi connectivity index (χ0v) is 16.5. The first-order valence-electron chi connectivity index (χ1n) is 9.24. The van der Waals surface area contributed by atoms with E-state index < -0.39 is 11.6 Å². The van der Waals surface area contributed by atoms with E-state index in [0.717, 1.165) is 10.4 Å². The van der Waals surface area contributed by atoms with Crippen molar-refractivity contribution in [1.29, 1.82) is 0 Å². The van der Waals surface area contributed by atoms with Crippen LogP contribution in [0.2, 0.25) is 0 Å². The number of anilines is 1. The number of amides is 1. The van der Waals surface area contributed by atoms with Crippen LogP contribution in [0.25, 0.3) is 0 Å². The number of aliphatic hydroxyl groups is 1. The summed E-state index contributed by atoms with van der Waals surface area (Å²) >= 11 is 1.56. The average molecular weight is 398 g/mol. The van der Waals surface area contributed by atoms with E-state index in [1.165, 1.54) is 6.33 Å². The molecule has 0 aliphatic carbocycles. The minimum atomic E-state index is -0.829. The van der Waals surface area contributed by atoms with E-state index in [4.69, 9.17) is 0 Å². The second-order valence-corrected chi connectivity index (χ2v) is 8.07. The molecule has 4 rings (SSSR count). The molecule has 2 atom stereocenters. The largest absolute Gasteiger partial charge is 0.388 e. The summed E-state index contributed by atoms with van der Waals surface area (Å²) < 4.78 is 1.69. The molecule has 7 nitrogen and oxygen atoms in total. The lowest BCUT2D eigenvalue weighted by atomic mass is 9.78. The maximum absolute atomic E-state index is 12.8. The molecule has 1 saturated heterocycles. The molecule has 0 saturated carbocycles. The van der Waals surface area contributed by atoms with Crippen molar-refractivity contribution in [3.63, 3.8) is 0 Å². The highest BCUT2D eigenvalue weighted by atomic mass is 32.1. The molecule has 0 unspecified atom stereocenters. The van der Waals surface area contributed by atoms with E-state index in [-0.39, 0.29) is 5.91 Å². The lowest BCUT2D eigenvalue weighted by molar-refractivity contribution is -0.124. The molecule has 1 fully saturated rings. The van der Waals surface area contributed by atoms with E-state index in [9.17, 15) is 9.90 Å². The third kappa shape index (κ3) is 3.53. The molecule has 146 valence electrons. The van der Waals surface area contributed by atoms with Crippen molar-refractivity contribution in [2.24, 2.45) is 7.05 Å². The number of hydrogen-bond donors (Lipinski definition) is 2. The Morgan fingerprint density at radius 3 is 2.79 bits per heavy atom. The highest BCUT2D eigenvalue weighted by Crippen LogP contribution is 2.34. The monoisotopic (exact) mass is 397 g/mol. The number of rotatable bonds is 5. The number of β-amino-alcohol motifs (C(OH)–C–C–N with tert-alkyl or cyclic N) is 1. The number of aryl methyl sites for hydroxylation is 1. The van der Waals surface area contributed by atoms with Crippen LogP contribution in [0.5, 0.6) is 0 Å². The Bertz CT molecular complexity index is 927. The normalized spacial score (nSPS) is 22.2. The van der Waals surface area contributed by atoms with Crippen LogP contribution in [0.15, 0.2) is 54.2 Å². The first-order valence-corrected chi connectivity index (χ1v) is 10.1. The summed E-state index contributed by atoms with van der Waals surface area (Å²) in [6.45, 7) is 1.01. The lowest BCUT2D eigenvalue weighted by Crippen LogP contribution is -2.62. The molecule has 1 aromatic carbocycles. The van der Waals surface area contributed by atoms with Crippen LogP contribution < -0.4 is 10.2 Å². The minimum absolute atomic E-state index is 0.0857. The number of benzene rings is 1. The topological polar surface area (TPSA) is 83.3 Å². The van der Waals surface area contributed by atoms with Crippen molar-refractivity contribution in [3.8, 4) is 0 Å². The van der Waals surface area contributed by atoms with Crippen molar-refractivity contribution in [2.45, 2.75) is 24.5 Å². The second kappa shape index (κ2) is 7.73.